The minimum Gasteiger partial charge on any atom is -0.741 e. The van der Waals surface area contributed by atoms with Crippen molar-refractivity contribution in [3.63, 3.8) is 0 Å². The number of hydrogen-bond donors (Lipinski definition) is 0. The summed E-state index contributed by atoms with van der Waals surface area (Å²) in [7, 11) is -12.2. The fourth-order valence-corrected chi connectivity index (χ4v) is 8.02. The number of pyridine rings is 2. The van der Waals surface area contributed by atoms with Gasteiger partial charge in [0.15, 0.2) is 45.7 Å². The van der Waals surface area contributed by atoms with Gasteiger partial charge >= 0.3 is 11.0 Å². The zero-order valence-corrected chi connectivity index (χ0v) is 33.7. The molecule has 3 aromatic heterocycles. The maximum atomic E-state index is 10.7. The summed E-state index contributed by atoms with van der Waals surface area (Å²) < 4.78 is 123. The highest BCUT2D eigenvalue weighted by atomic mass is 32.2. The van der Waals surface area contributed by atoms with Crippen molar-refractivity contribution in [2.75, 3.05) is 0 Å². The van der Waals surface area contributed by atoms with Crippen molar-refractivity contribution < 1.29 is 61.4 Å². The van der Waals surface area contributed by atoms with Crippen LogP contribution in [0.3, 0.4) is 0 Å². The van der Waals surface area contributed by atoms with E-state index in [1.54, 1.807) is 0 Å². The van der Waals surface area contributed by atoms with Crippen LogP contribution >= 0.6 is 11.3 Å². The lowest BCUT2D eigenvalue weighted by Crippen LogP contribution is -2.43. The van der Waals surface area contributed by atoms with Gasteiger partial charge in [0.25, 0.3) is 0 Å². The molecule has 0 unspecified atom stereocenters. The fraction of sp³-hybridized carbons (Fsp3) is 0.350. The van der Waals surface area contributed by atoms with Crippen LogP contribution < -0.4 is 9.13 Å². The number of aryl methyl sites for hydroxylation is 3. The number of fused-ring (bicyclic) bond motifs is 9. The Kier molecular flexibility index (Phi) is 13.4. The number of benzene rings is 2. The number of rotatable bonds is 7. The van der Waals surface area contributed by atoms with E-state index in [2.05, 4.69) is 109 Å². The van der Waals surface area contributed by atoms with Gasteiger partial charge in [0, 0.05) is 40.8 Å². The van der Waals surface area contributed by atoms with Gasteiger partial charge in [-0.05, 0) is 84.2 Å². The fourth-order valence-electron chi connectivity index (χ4n) is 7.07. The van der Waals surface area contributed by atoms with Gasteiger partial charge in [-0.25, -0.2) is 16.8 Å². The quantitative estimate of drug-likeness (QED) is 0.0530. The number of thiophene rings is 1. The molecule has 0 atom stereocenters. The van der Waals surface area contributed by atoms with Crippen molar-refractivity contribution in [3.05, 3.63) is 105 Å². The molecule has 0 aliphatic carbocycles. The Hall–Kier alpha value is -4.16. The first-order valence-electron chi connectivity index (χ1n) is 18.0. The molecule has 2 aliphatic rings. The van der Waals surface area contributed by atoms with Crippen molar-refractivity contribution in [1.29, 1.82) is 0 Å². The van der Waals surface area contributed by atoms with Crippen molar-refractivity contribution in [2.45, 2.75) is 89.8 Å². The van der Waals surface area contributed by atoms with E-state index in [0.717, 1.165) is 25.9 Å². The van der Waals surface area contributed by atoms with E-state index < -0.39 is 31.3 Å². The van der Waals surface area contributed by atoms with E-state index in [-0.39, 0.29) is 0 Å². The Morgan fingerprint density at radius 2 is 1.32 bits per heavy atom. The summed E-state index contributed by atoms with van der Waals surface area (Å²) in [4.78, 5) is 2.86. The molecule has 2 aromatic carbocycles. The second-order valence-corrected chi connectivity index (χ2v) is 17.6. The number of aromatic nitrogens is 2. The molecule has 5 heterocycles. The maximum Gasteiger partial charge on any atom is 0.485 e. The van der Waals surface area contributed by atoms with Crippen LogP contribution in [0.15, 0.2) is 67.0 Å². The molecule has 57 heavy (non-hydrogen) atoms. The van der Waals surface area contributed by atoms with Crippen LogP contribution in [0.2, 0.25) is 0 Å². The van der Waals surface area contributed by atoms with Gasteiger partial charge in [-0.2, -0.15) is 35.5 Å². The molecule has 17 heteroatoms. The minimum atomic E-state index is -6.09. The lowest BCUT2D eigenvalue weighted by Gasteiger charge is -2.27. The molecular formula is C40H40F6N2O6S3. The van der Waals surface area contributed by atoms with Crippen LogP contribution in [0.4, 0.5) is 26.3 Å². The van der Waals surface area contributed by atoms with Crippen LogP contribution in [-0.2, 0) is 52.6 Å². The van der Waals surface area contributed by atoms with Crippen molar-refractivity contribution in [1.82, 2.24) is 0 Å². The van der Waals surface area contributed by atoms with Gasteiger partial charge in [0.05, 0.1) is 16.5 Å². The highest BCUT2D eigenvalue weighted by Gasteiger charge is 2.38. The lowest BCUT2D eigenvalue weighted by molar-refractivity contribution is -0.689. The average molecular weight is 855 g/mol. The SMILES string of the molecule is CCCCCCc1ccc(/C=C/c2cc[n+]3c(c2)-c2c(c(C)c(C)c4c2-c2c5ccccc5cc[n+]2CC4)CC3)s1.O=S(=O)([O-])C(F)(F)F.O=S(=O)([O-])C(F)(F)F. The average Bonchev–Trinajstić information content (AvgIpc) is 3.60. The van der Waals surface area contributed by atoms with E-state index in [9.17, 15) is 26.3 Å². The summed E-state index contributed by atoms with van der Waals surface area (Å²) >= 11 is 1.95. The topological polar surface area (TPSA) is 122 Å². The Morgan fingerprint density at radius 1 is 0.737 bits per heavy atom. The normalized spacial score (nSPS) is 13.8. The molecule has 2 aliphatic heterocycles. The van der Waals surface area contributed by atoms with Crippen molar-refractivity contribution in [2.24, 2.45) is 0 Å². The summed E-state index contributed by atoms with van der Waals surface area (Å²) in [5, 5.41) is 2.68. The van der Waals surface area contributed by atoms with Crippen LogP contribution in [0, 0.1) is 13.8 Å². The Morgan fingerprint density at radius 3 is 1.93 bits per heavy atom. The predicted octanol–water partition coefficient (Wildman–Crippen LogP) is 8.94. The number of alkyl halides is 6. The molecular weight excluding hydrogens is 815 g/mol. The van der Waals surface area contributed by atoms with Gasteiger partial charge in [-0.3, -0.25) is 0 Å². The zero-order chi connectivity index (χ0) is 41.9. The Labute approximate surface area is 331 Å². The monoisotopic (exact) mass is 854 g/mol. The molecule has 0 saturated heterocycles. The van der Waals surface area contributed by atoms with Gasteiger partial charge in [-0.15, -0.1) is 11.3 Å². The first kappa shape index (κ1) is 44.0. The first-order valence-corrected chi connectivity index (χ1v) is 21.7. The summed E-state index contributed by atoms with van der Waals surface area (Å²) in [6, 6.07) is 20.5. The van der Waals surface area contributed by atoms with E-state index in [4.69, 9.17) is 25.9 Å². The van der Waals surface area contributed by atoms with Crippen LogP contribution in [-0.4, -0.2) is 37.0 Å². The second-order valence-electron chi connectivity index (χ2n) is 13.7. The van der Waals surface area contributed by atoms with E-state index in [1.807, 2.05) is 11.3 Å². The summed E-state index contributed by atoms with van der Waals surface area (Å²) in [6.45, 7) is 9.07. The minimum absolute atomic E-state index is 1.03. The number of halogens is 6. The molecule has 8 nitrogen and oxygen atoms in total. The molecule has 0 N–H and O–H groups in total. The summed E-state index contributed by atoms with van der Waals surface area (Å²) in [5.41, 5.74) is 1.71. The third-order valence-corrected chi connectivity index (χ3v) is 12.2. The molecule has 0 amide bonds. The van der Waals surface area contributed by atoms with Crippen LogP contribution in [0.25, 0.3) is 45.4 Å². The van der Waals surface area contributed by atoms with E-state index in [1.165, 1.54) is 103 Å². The predicted molar refractivity (Wildman–Crippen MR) is 205 cm³/mol. The van der Waals surface area contributed by atoms with Gasteiger partial charge in [0.2, 0.25) is 11.4 Å². The number of nitrogens with zero attached hydrogens (tertiary/aromatic N) is 2. The maximum absolute atomic E-state index is 10.7. The Bertz CT molecular complexity index is 2490. The van der Waals surface area contributed by atoms with Crippen molar-refractivity contribution >= 4 is 54.5 Å². The molecule has 5 aromatic rings. The standard InChI is InChI=1S/C38H40N2S.2CHF3O3S/c1-4-5-6-7-11-30-15-16-31(41-30)14-13-28-17-21-39-23-19-32-26(2)27(3)33-20-24-40-22-18-29-10-8-9-12-34(29)38(40)37(33)36(32)35(39)25-28;2*2-1(3,4)8(5,6)7/h8-10,12-18,21-22,25H,4-7,11,19-20,23-24H2,1-3H3;2*(H,5,6,7)/q+2;;/p-2/b14-13+;;. The van der Waals surface area contributed by atoms with Crippen molar-refractivity contribution in [3.8, 4) is 22.5 Å². The Balaban J connectivity index is 0.000000328. The van der Waals surface area contributed by atoms with Crippen LogP contribution in [0.1, 0.15) is 70.2 Å². The van der Waals surface area contributed by atoms with Gasteiger partial charge in [-0.1, -0.05) is 50.5 Å². The van der Waals surface area contributed by atoms with Crippen LogP contribution in [0.5, 0.6) is 0 Å². The first-order chi connectivity index (χ1) is 26.6. The molecule has 0 fully saturated rings. The van der Waals surface area contributed by atoms with E-state index >= 15 is 0 Å². The zero-order valence-electron chi connectivity index (χ0n) is 31.2. The molecule has 0 spiro atoms. The summed E-state index contributed by atoms with van der Waals surface area (Å²) in [6.07, 6.45) is 17.9. The second kappa shape index (κ2) is 17.4. The smallest absolute Gasteiger partial charge is 0.485 e. The molecule has 0 saturated carbocycles. The van der Waals surface area contributed by atoms with Gasteiger partial charge in [0.1, 0.15) is 0 Å². The van der Waals surface area contributed by atoms with E-state index in [0.29, 0.717) is 0 Å². The number of hydrogen-bond acceptors (Lipinski definition) is 7. The number of unbranched alkanes of at least 4 members (excludes halogenated alkanes) is 3. The highest BCUT2D eigenvalue weighted by molar-refractivity contribution is 7.86. The molecule has 306 valence electrons. The molecule has 0 radical (unpaired) electrons. The van der Waals surface area contributed by atoms with Gasteiger partial charge < -0.3 is 9.11 Å². The molecule has 0 bridgehead atoms. The third-order valence-electron chi connectivity index (χ3n) is 9.98. The lowest BCUT2D eigenvalue weighted by atomic mass is 9.79. The third kappa shape index (κ3) is 10.1. The molecule has 7 rings (SSSR count). The highest BCUT2D eigenvalue weighted by Crippen LogP contribution is 2.44. The summed E-state index contributed by atoms with van der Waals surface area (Å²) in [5.74, 6) is 0. The largest absolute Gasteiger partial charge is 0.741 e.